The normalized spacial score (nSPS) is 15.8. The van der Waals surface area contributed by atoms with Gasteiger partial charge in [-0.2, -0.15) is 0 Å². The summed E-state index contributed by atoms with van der Waals surface area (Å²) in [5.74, 6) is 0.698. The molecule has 0 unspecified atom stereocenters. The van der Waals surface area contributed by atoms with Gasteiger partial charge in [-0.1, -0.05) is 0 Å². The molecule has 9 nitrogen and oxygen atoms in total. The van der Waals surface area contributed by atoms with Crippen molar-refractivity contribution in [1.82, 2.24) is 14.9 Å². The largest absolute Gasteiger partial charge is 0.444 e. The van der Waals surface area contributed by atoms with Gasteiger partial charge in [-0.25, -0.2) is 9.78 Å². The lowest BCUT2D eigenvalue weighted by Crippen LogP contribution is -2.47. The Hall–Kier alpha value is -2.84. The van der Waals surface area contributed by atoms with Gasteiger partial charge in [-0.3, -0.25) is 10.1 Å². The smallest absolute Gasteiger partial charge is 0.410 e. The van der Waals surface area contributed by atoms with Crippen molar-refractivity contribution in [2.75, 3.05) is 25.0 Å². The van der Waals surface area contributed by atoms with Crippen molar-refractivity contribution in [2.45, 2.75) is 45.3 Å². The average Bonchev–Trinajstić information content (AvgIpc) is 3.02. The number of aromatic nitrogens is 2. The Morgan fingerprint density at radius 2 is 2.04 bits per heavy atom. The summed E-state index contributed by atoms with van der Waals surface area (Å²) >= 11 is 0. The molecule has 0 atom stereocenters. The number of amides is 1. The van der Waals surface area contributed by atoms with E-state index in [1.165, 1.54) is 12.1 Å². The SMILES string of the molecule is CN(C(=O)OC(C)(C)C)C1CCN(c2nc3ccc([N+](=O)[O-])cc3[nH]2)CC1. The molecule has 0 bridgehead atoms. The first kappa shape index (κ1) is 18.9. The van der Waals surface area contributed by atoms with Crippen LogP contribution in [0, 0.1) is 10.1 Å². The Morgan fingerprint density at radius 3 is 2.63 bits per heavy atom. The molecule has 9 heteroatoms. The van der Waals surface area contributed by atoms with Gasteiger partial charge >= 0.3 is 6.09 Å². The Balaban J connectivity index is 1.64. The number of hydrogen-bond donors (Lipinski definition) is 1. The lowest BCUT2D eigenvalue weighted by atomic mass is 10.0. The molecule has 1 aromatic carbocycles. The highest BCUT2D eigenvalue weighted by Crippen LogP contribution is 2.25. The average molecular weight is 375 g/mol. The molecule has 0 aliphatic carbocycles. The topological polar surface area (TPSA) is 105 Å². The Bertz CT molecular complexity index is 849. The number of rotatable bonds is 3. The second-order valence-corrected chi connectivity index (χ2v) is 7.83. The molecular weight excluding hydrogens is 350 g/mol. The lowest BCUT2D eigenvalue weighted by molar-refractivity contribution is -0.384. The van der Waals surface area contributed by atoms with Gasteiger partial charge in [0.15, 0.2) is 0 Å². The third-order valence-corrected chi connectivity index (χ3v) is 4.66. The van der Waals surface area contributed by atoms with Crippen molar-refractivity contribution in [1.29, 1.82) is 0 Å². The van der Waals surface area contributed by atoms with E-state index in [0.29, 0.717) is 17.0 Å². The van der Waals surface area contributed by atoms with Gasteiger partial charge in [-0.15, -0.1) is 0 Å². The molecular formula is C18H25N5O4. The van der Waals surface area contributed by atoms with Crippen LogP contribution in [0.25, 0.3) is 11.0 Å². The molecule has 0 saturated carbocycles. The quantitative estimate of drug-likeness (QED) is 0.652. The number of ether oxygens (including phenoxy) is 1. The van der Waals surface area contributed by atoms with Crippen LogP contribution >= 0.6 is 0 Å². The van der Waals surface area contributed by atoms with Crippen LogP contribution in [-0.4, -0.2) is 57.7 Å². The number of piperidine rings is 1. The fourth-order valence-electron chi connectivity index (χ4n) is 3.20. The standard InChI is InChI=1S/C18H25N5O4/c1-18(2,3)27-17(24)21(4)12-7-9-22(10-8-12)16-19-14-6-5-13(23(25)26)11-15(14)20-16/h5-6,11-12H,7-10H2,1-4H3,(H,19,20). The molecule has 3 rings (SSSR count). The van der Waals surface area contributed by atoms with E-state index in [9.17, 15) is 14.9 Å². The molecule has 1 amide bonds. The number of nitro benzene ring substituents is 1. The molecule has 1 N–H and O–H groups in total. The highest BCUT2D eigenvalue weighted by molar-refractivity contribution is 5.80. The van der Waals surface area contributed by atoms with Crippen LogP contribution in [0.4, 0.5) is 16.4 Å². The summed E-state index contributed by atoms with van der Waals surface area (Å²) in [6.45, 7) is 7.03. The number of nitrogens with zero attached hydrogens (tertiary/aromatic N) is 4. The van der Waals surface area contributed by atoms with Gasteiger partial charge in [0.05, 0.1) is 16.0 Å². The van der Waals surface area contributed by atoms with E-state index in [2.05, 4.69) is 14.9 Å². The molecule has 0 radical (unpaired) electrons. The predicted octanol–water partition coefficient (Wildman–Crippen LogP) is 3.31. The van der Waals surface area contributed by atoms with Gasteiger partial charge in [0.2, 0.25) is 5.95 Å². The van der Waals surface area contributed by atoms with Crippen LogP contribution in [0.5, 0.6) is 0 Å². The summed E-state index contributed by atoms with van der Waals surface area (Å²) in [5.41, 5.74) is 0.870. The highest BCUT2D eigenvalue weighted by atomic mass is 16.6. The van der Waals surface area contributed by atoms with Gasteiger partial charge in [0, 0.05) is 38.3 Å². The van der Waals surface area contributed by atoms with E-state index in [4.69, 9.17) is 4.74 Å². The number of hydrogen-bond acceptors (Lipinski definition) is 6. The minimum Gasteiger partial charge on any atom is -0.444 e. The van der Waals surface area contributed by atoms with Crippen molar-refractivity contribution in [3.8, 4) is 0 Å². The van der Waals surface area contributed by atoms with Gasteiger partial charge in [-0.05, 0) is 39.7 Å². The van der Waals surface area contributed by atoms with Crippen molar-refractivity contribution >= 4 is 28.8 Å². The van der Waals surface area contributed by atoms with Crippen LogP contribution in [0.1, 0.15) is 33.6 Å². The number of aromatic amines is 1. The first-order chi connectivity index (χ1) is 12.6. The molecule has 1 aromatic heterocycles. The van der Waals surface area contributed by atoms with Crippen LogP contribution in [0.3, 0.4) is 0 Å². The number of fused-ring (bicyclic) bond motifs is 1. The minimum absolute atomic E-state index is 0.0374. The molecule has 1 saturated heterocycles. The maximum Gasteiger partial charge on any atom is 0.410 e. The Morgan fingerprint density at radius 1 is 1.37 bits per heavy atom. The van der Waals surface area contributed by atoms with Crippen molar-refractivity contribution in [3.05, 3.63) is 28.3 Å². The van der Waals surface area contributed by atoms with E-state index in [0.717, 1.165) is 25.9 Å². The zero-order chi connectivity index (χ0) is 19.8. The summed E-state index contributed by atoms with van der Waals surface area (Å²) in [5, 5.41) is 10.9. The van der Waals surface area contributed by atoms with Crippen LogP contribution in [-0.2, 0) is 4.74 Å². The first-order valence-electron chi connectivity index (χ1n) is 8.99. The molecule has 1 aliphatic heterocycles. The molecule has 146 valence electrons. The predicted molar refractivity (Wildman–Crippen MR) is 102 cm³/mol. The van der Waals surface area contributed by atoms with Crippen LogP contribution in [0.2, 0.25) is 0 Å². The number of carbonyl (C=O) groups excluding carboxylic acids is 1. The molecule has 1 aliphatic rings. The highest BCUT2D eigenvalue weighted by Gasteiger charge is 2.29. The second kappa shape index (κ2) is 7.05. The fourth-order valence-corrected chi connectivity index (χ4v) is 3.20. The number of imidazole rings is 1. The second-order valence-electron chi connectivity index (χ2n) is 7.83. The lowest BCUT2D eigenvalue weighted by Gasteiger charge is -2.37. The number of carbonyl (C=O) groups is 1. The summed E-state index contributed by atoms with van der Waals surface area (Å²) in [6.07, 6.45) is 1.29. The molecule has 2 heterocycles. The number of H-pyrrole nitrogens is 1. The van der Waals surface area contributed by atoms with Crippen LogP contribution in [0.15, 0.2) is 18.2 Å². The summed E-state index contributed by atoms with van der Waals surface area (Å²) < 4.78 is 5.43. The first-order valence-corrected chi connectivity index (χ1v) is 8.99. The van der Waals surface area contributed by atoms with Crippen molar-refractivity contribution in [2.24, 2.45) is 0 Å². The van der Waals surface area contributed by atoms with Gasteiger partial charge < -0.3 is 19.5 Å². The van der Waals surface area contributed by atoms with Crippen molar-refractivity contribution in [3.63, 3.8) is 0 Å². The number of anilines is 1. The number of nitrogens with one attached hydrogen (secondary N) is 1. The summed E-state index contributed by atoms with van der Waals surface area (Å²) in [4.78, 5) is 34.2. The molecule has 2 aromatic rings. The molecule has 0 spiro atoms. The fraction of sp³-hybridized carbons (Fsp3) is 0.556. The zero-order valence-corrected chi connectivity index (χ0v) is 16.1. The third kappa shape index (κ3) is 4.29. The van der Waals surface area contributed by atoms with Crippen LogP contribution < -0.4 is 4.90 Å². The van der Waals surface area contributed by atoms with Gasteiger partial charge in [0.1, 0.15) is 5.60 Å². The maximum atomic E-state index is 12.2. The number of non-ortho nitro benzene ring substituents is 1. The minimum atomic E-state index is -0.511. The molecule has 27 heavy (non-hydrogen) atoms. The van der Waals surface area contributed by atoms with E-state index in [1.54, 1.807) is 18.0 Å². The number of nitro groups is 1. The van der Waals surface area contributed by atoms with Gasteiger partial charge in [0.25, 0.3) is 5.69 Å². The zero-order valence-electron chi connectivity index (χ0n) is 16.1. The summed E-state index contributed by atoms with van der Waals surface area (Å²) in [6, 6.07) is 4.71. The monoisotopic (exact) mass is 375 g/mol. The number of benzene rings is 1. The maximum absolute atomic E-state index is 12.2. The van der Waals surface area contributed by atoms with E-state index in [1.807, 2.05) is 20.8 Å². The van der Waals surface area contributed by atoms with E-state index < -0.39 is 10.5 Å². The third-order valence-electron chi connectivity index (χ3n) is 4.66. The Kier molecular flexibility index (Phi) is 4.95. The molecule has 1 fully saturated rings. The van der Waals surface area contributed by atoms with E-state index >= 15 is 0 Å². The van der Waals surface area contributed by atoms with E-state index in [-0.39, 0.29) is 17.8 Å². The Labute approximate surface area is 157 Å². The summed E-state index contributed by atoms with van der Waals surface area (Å²) in [7, 11) is 1.77. The van der Waals surface area contributed by atoms with Crippen molar-refractivity contribution < 1.29 is 14.5 Å².